The minimum Gasteiger partial charge on any atom is -0.388 e. The van der Waals surface area contributed by atoms with Crippen LogP contribution in [0.5, 0.6) is 0 Å². The molecule has 0 fully saturated rings. The molecule has 0 unspecified atom stereocenters. The fraction of sp³-hybridized carbons (Fsp3) is 0.857. The van der Waals surface area contributed by atoms with Gasteiger partial charge in [-0.1, -0.05) is 0 Å². The van der Waals surface area contributed by atoms with Crippen molar-refractivity contribution in [2.24, 2.45) is 0 Å². The zero-order valence-electron chi connectivity index (χ0n) is 9.03. The van der Waals surface area contributed by atoms with Gasteiger partial charge >= 0.3 is 7.82 Å². The van der Waals surface area contributed by atoms with Gasteiger partial charge in [0.15, 0.2) is 5.78 Å². The maximum Gasteiger partial charge on any atom is 0.469 e. The van der Waals surface area contributed by atoms with E-state index in [0.717, 1.165) is 0 Å². The van der Waals surface area contributed by atoms with Gasteiger partial charge in [-0.15, -0.1) is 0 Å². The fourth-order valence-electron chi connectivity index (χ4n) is 0.970. The first-order valence-corrected chi connectivity index (χ1v) is 6.19. The largest absolute Gasteiger partial charge is 0.469 e. The van der Waals surface area contributed by atoms with Gasteiger partial charge in [0.05, 0.1) is 6.61 Å². The molecule has 7 N–H and O–H groups in total. The first-order chi connectivity index (χ1) is 8.10. The van der Waals surface area contributed by atoms with Crippen LogP contribution in [0.4, 0.5) is 0 Å². The van der Waals surface area contributed by atoms with Crippen LogP contribution in [0.1, 0.15) is 0 Å². The highest BCUT2D eigenvalue weighted by atomic mass is 31.2. The van der Waals surface area contributed by atoms with Crippen molar-refractivity contribution in [1.82, 2.24) is 0 Å². The second-order valence-corrected chi connectivity index (χ2v) is 4.64. The number of ketones is 1. The van der Waals surface area contributed by atoms with Crippen LogP contribution < -0.4 is 0 Å². The number of aliphatic hydroxyl groups is 5. The molecule has 0 aliphatic carbocycles. The van der Waals surface area contributed by atoms with E-state index in [1.165, 1.54) is 0 Å². The predicted molar refractivity (Wildman–Crippen MR) is 54.1 cm³/mol. The second kappa shape index (κ2) is 7.24. The molecule has 0 amide bonds. The zero-order valence-corrected chi connectivity index (χ0v) is 9.92. The molecule has 0 rings (SSSR count). The lowest BCUT2D eigenvalue weighted by atomic mass is 10.0. The van der Waals surface area contributed by atoms with Gasteiger partial charge in [-0.3, -0.25) is 9.32 Å². The highest BCUT2D eigenvalue weighted by molar-refractivity contribution is 7.46. The third-order valence-electron chi connectivity index (χ3n) is 1.97. The molecule has 4 atom stereocenters. The van der Waals surface area contributed by atoms with Crippen molar-refractivity contribution < 1.29 is 49.2 Å². The predicted octanol–water partition coefficient (Wildman–Crippen LogP) is -3.90. The van der Waals surface area contributed by atoms with Gasteiger partial charge in [-0.2, -0.15) is 0 Å². The number of hydrogen-bond donors (Lipinski definition) is 7. The molecule has 0 heterocycles. The SMILES string of the molecule is O=C(CO)[C@@H](O)[C@@H](O)[C@H](O)[C@H](O)COP(=O)(O)O. The lowest BCUT2D eigenvalue weighted by Crippen LogP contribution is -2.49. The Balaban J connectivity index is 4.40. The Hall–Kier alpha value is -0.420. The highest BCUT2D eigenvalue weighted by Crippen LogP contribution is 2.35. The standard InChI is InChI=1S/C7H15O10P/c8-1-3(9)5(11)7(13)6(12)4(10)2-17-18(14,15)16/h4-8,10-13H,1-2H2,(H2,14,15,16)/t4-,5-,6-,7-/m1/s1. The molecule has 0 aromatic rings. The van der Waals surface area contributed by atoms with E-state index in [9.17, 15) is 24.7 Å². The van der Waals surface area contributed by atoms with E-state index >= 15 is 0 Å². The summed E-state index contributed by atoms with van der Waals surface area (Å²) < 4.78 is 14.2. The third kappa shape index (κ3) is 5.96. The highest BCUT2D eigenvalue weighted by Gasteiger charge is 2.34. The summed E-state index contributed by atoms with van der Waals surface area (Å²) in [5.74, 6) is -1.19. The molecule has 0 aliphatic heterocycles. The number of phosphoric ester groups is 1. The van der Waals surface area contributed by atoms with Gasteiger partial charge in [0.25, 0.3) is 0 Å². The number of phosphoric acid groups is 1. The maximum atomic E-state index is 10.8. The van der Waals surface area contributed by atoms with Crippen LogP contribution in [0.25, 0.3) is 0 Å². The van der Waals surface area contributed by atoms with Crippen LogP contribution in [0.15, 0.2) is 0 Å². The molecule has 18 heavy (non-hydrogen) atoms. The summed E-state index contributed by atoms with van der Waals surface area (Å²) in [7, 11) is -4.86. The lowest BCUT2D eigenvalue weighted by Gasteiger charge is -2.25. The summed E-state index contributed by atoms with van der Waals surface area (Å²) in [6, 6.07) is 0. The molecule has 0 aromatic heterocycles. The Bertz CT molecular complexity index is 313. The smallest absolute Gasteiger partial charge is 0.388 e. The van der Waals surface area contributed by atoms with Crippen LogP contribution in [-0.2, 0) is 13.9 Å². The van der Waals surface area contributed by atoms with Crippen LogP contribution in [0, 0.1) is 0 Å². The number of rotatable bonds is 8. The van der Waals surface area contributed by atoms with Crippen molar-refractivity contribution in [2.45, 2.75) is 24.4 Å². The van der Waals surface area contributed by atoms with Gasteiger partial charge in [0.1, 0.15) is 31.0 Å². The van der Waals surface area contributed by atoms with Crippen molar-refractivity contribution in [1.29, 1.82) is 0 Å². The number of Topliss-reactive ketones (excluding diaryl/α,β-unsaturated/α-hetero) is 1. The Morgan fingerprint density at radius 2 is 1.61 bits per heavy atom. The van der Waals surface area contributed by atoms with Crippen molar-refractivity contribution in [3.05, 3.63) is 0 Å². The van der Waals surface area contributed by atoms with E-state index < -0.39 is 51.2 Å². The summed E-state index contributed by atoms with van der Waals surface area (Å²) in [6.07, 6.45) is -8.33. The van der Waals surface area contributed by atoms with Crippen LogP contribution in [0.3, 0.4) is 0 Å². The van der Waals surface area contributed by atoms with Crippen molar-refractivity contribution in [2.75, 3.05) is 13.2 Å². The molecule has 11 heteroatoms. The lowest BCUT2D eigenvalue weighted by molar-refractivity contribution is -0.149. The van der Waals surface area contributed by atoms with Crippen LogP contribution in [0.2, 0.25) is 0 Å². The molecule has 0 saturated heterocycles. The van der Waals surface area contributed by atoms with Gasteiger partial charge in [-0.05, 0) is 0 Å². The summed E-state index contributed by atoms with van der Waals surface area (Å²) >= 11 is 0. The van der Waals surface area contributed by atoms with E-state index in [-0.39, 0.29) is 0 Å². The van der Waals surface area contributed by atoms with E-state index in [1.807, 2.05) is 0 Å². The second-order valence-electron chi connectivity index (χ2n) is 3.40. The molecule has 0 radical (unpaired) electrons. The van der Waals surface area contributed by atoms with Gasteiger partial charge in [0.2, 0.25) is 0 Å². The summed E-state index contributed by atoms with van der Waals surface area (Å²) in [6.45, 7) is -2.11. The van der Waals surface area contributed by atoms with E-state index in [4.69, 9.17) is 20.0 Å². The molecule has 0 aromatic carbocycles. The number of hydrogen-bond acceptors (Lipinski definition) is 8. The van der Waals surface area contributed by atoms with Gasteiger partial charge < -0.3 is 35.3 Å². The van der Waals surface area contributed by atoms with Gasteiger partial charge in [0, 0.05) is 0 Å². The number of carbonyl (C=O) groups excluding carboxylic acids is 1. The molecule has 0 saturated carbocycles. The topological polar surface area (TPSA) is 185 Å². The molecule has 0 bridgehead atoms. The van der Waals surface area contributed by atoms with Crippen molar-refractivity contribution >= 4 is 13.6 Å². The van der Waals surface area contributed by atoms with E-state index in [1.54, 1.807) is 0 Å². The quantitative estimate of drug-likeness (QED) is 0.218. The Morgan fingerprint density at radius 3 is 2.00 bits per heavy atom. The van der Waals surface area contributed by atoms with Crippen molar-refractivity contribution in [3.8, 4) is 0 Å². The average Bonchev–Trinajstić information content (AvgIpc) is 2.31. The van der Waals surface area contributed by atoms with Gasteiger partial charge in [-0.25, -0.2) is 4.57 Å². The monoisotopic (exact) mass is 290 g/mol. The molecule has 108 valence electrons. The summed E-state index contributed by atoms with van der Waals surface area (Å²) in [4.78, 5) is 27.4. The Morgan fingerprint density at radius 1 is 1.11 bits per heavy atom. The fourth-order valence-corrected chi connectivity index (χ4v) is 1.32. The number of aliphatic hydroxyl groups excluding tert-OH is 5. The summed E-state index contributed by atoms with van der Waals surface area (Å²) in [5, 5.41) is 45.2. The average molecular weight is 290 g/mol. The zero-order chi connectivity index (χ0) is 14.5. The minimum atomic E-state index is -4.86. The van der Waals surface area contributed by atoms with Crippen LogP contribution in [-0.4, -0.2) is 78.7 Å². The first kappa shape index (κ1) is 17.6. The first-order valence-electron chi connectivity index (χ1n) is 4.66. The van der Waals surface area contributed by atoms with Crippen LogP contribution >= 0.6 is 7.82 Å². The molecule has 0 spiro atoms. The number of carbonyl (C=O) groups is 1. The maximum absolute atomic E-state index is 10.8. The Labute approximate surface area is 101 Å². The summed E-state index contributed by atoms with van der Waals surface area (Å²) in [5.41, 5.74) is 0. The third-order valence-corrected chi connectivity index (χ3v) is 2.45. The van der Waals surface area contributed by atoms with Crippen molar-refractivity contribution in [3.63, 3.8) is 0 Å². The molecular weight excluding hydrogens is 275 g/mol. The minimum absolute atomic E-state index is 1.03. The molecule has 0 aliphatic rings. The molecular formula is C7H15O10P. The normalized spacial score (nSPS) is 19.1. The molecule has 10 nitrogen and oxygen atoms in total. The Kier molecular flexibility index (Phi) is 7.07. The van der Waals surface area contributed by atoms with E-state index in [2.05, 4.69) is 4.52 Å². The van der Waals surface area contributed by atoms with E-state index in [0.29, 0.717) is 0 Å².